The average Bonchev–Trinajstić information content (AvgIpc) is 3.05. The van der Waals surface area contributed by atoms with Crippen LogP contribution >= 0.6 is 0 Å². The number of carbonyl (C=O) groups is 1. The van der Waals surface area contributed by atoms with Crippen LogP contribution in [0.25, 0.3) is 22.3 Å². The summed E-state index contributed by atoms with van der Waals surface area (Å²) in [5.41, 5.74) is 0.999. The van der Waals surface area contributed by atoms with Gasteiger partial charge in [0, 0.05) is 30.2 Å². The van der Waals surface area contributed by atoms with E-state index >= 15 is 0 Å². The van der Waals surface area contributed by atoms with Crippen LogP contribution in [0.4, 0.5) is 0 Å². The fourth-order valence-electron chi connectivity index (χ4n) is 4.19. The zero-order valence-electron chi connectivity index (χ0n) is 16.8. The maximum atomic E-state index is 12.5. The molecule has 8 nitrogen and oxygen atoms in total. The number of nitrogens with zero attached hydrogens (tertiary/aromatic N) is 3. The molecular formula is C21H23N3O5. The molecule has 2 aromatic heterocycles. The summed E-state index contributed by atoms with van der Waals surface area (Å²) in [6, 6.07) is 6.87. The molecule has 1 atom stereocenters. The van der Waals surface area contributed by atoms with Crippen molar-refractivity contribution in [3.8, 4) is 17.1 Å². The largest absolute Gasteiger partial charge is 0.494 e. The molecule has 1 N–H and O–H groups in total. The van der Waals surface area contributed by atoms with Crippen molar-refractivity contribution in [2.75, 3.05) is 20.8 Å². The lowest BCUT2D eigenvalue weighted by molar-refractivity contribution is 0.0530. The number of carboxylic acid groups (broad SMARTS) is 1. The highest BCUT2D eigenvalue weighted by Gasteiger charge is 2.38. The van der Waals surface area contributed by atoms with E-state index in [4.69, 9.17) is 14.6 Å². The minimum Gasteiger partial charge on any atom is -0.494 e. The van der Waals surface area contributed by atoms with Crippen molar-refractivity contribution in [3.63, 3.8) is 0 Å². The summed E-state index contributed by atoms with van der Waals surface area (Å²) in [6.45, 7) is 5.08. The van der Waals surface area contributed by atoms with Gasteiger partial charge in [0.1, 0.15) is 16.8 Å². The monoisotopic (exact) mass is 397 g/mol. The van der Waals surface area contributed by atoms with Crippen molar-refractivity contribution in [1.82, 2.24) is 14.3 Å². The number of aromatic carboxylic acids is 1. The second-order valence-corrected chi connectivity index (χ2v) is 7.97. The Labute approximate surface area is 167 Å². The molecule has 29 heavy (non-hydrogen) atoms. The molecule has 0 spiro atoms. The minimum absolute atomic E-state index is 0.163. The van der Waals surface area contributed by atoms with Crippen molar-refractivity contribution in [3.05, 3.63) is 46.2 Å². The van der Waals surface area contributed by atoms with Crippen LogP contribution in [-0.2, 0) is 11.3 Å². The highest BCUT2D eigenvalue weighted by molar-refractivity contribution is 5.96. The smallest absolute Gasteiger partial charge is 0.341 e. The Hall–Kier alpha value is -3.13. The van der Waals surface area contributed by atoms with E-state index in [0.29, 0.717) is 30.1 Å². The van der Waals surface area contributed by atoms with E-state index in [-0.39, 0.29) is 17.0 Å². The highest BCUT2D eigenvalue weighted by Crippen LogP contribution is 2.43. The molecule has 0 saturated carbocycles. The summed E-state index contributed by atoms with van der Waals surface area (Å²) < 4.78 is 14.6. The lowest BCUT2D eigenvalue weighted by Gasteiger charge is -2.40. The Morgan fingerprint density at radius 1 is 1.34 bits per heavy atom. The summed E-state index contributed by atoms with van der Waals surface area (Å²) in [5.74, 6) is -0.590. The van der Waals surface area contributed by atoms with E-state index in [9.17, 15) is 14.7 Å². The van der Waals surface area contributed by atoms with E-state index in [1.165, 1.54) is 12.3 Å². The summed E-state index contributed by atoms with van der Waals surface area (Å²) in [7, 11) is 3.23. The van der Waals surface area contributed by atoms with E-state index in [1.54, 1.807) is 14.2 Å². The molecule has 0 fully saturated rings. The van der Waals surface area contributed by atoms with Gasteiger partial charge in [-0.05, 0) is 6.07 Å². The first-order chi connectivity index (χ1) is 13.8. The van der Waals surface area contributed by atoms with Crippen LogP contribution in [0.2, 0.25) is 0 Å². The highest BCUT2D eigenvalue weighted by atomic mass is 16.5. The van der Waals surface area contributed by atoms with E-state index < -0.39 is 11.4 Å². The Morgan fingerprint density at radius 2 is 2.10 bits per heavy atom. The van der Waals surface area contributed by atoms with Gasteiger partial charge in [0.15, 0.2) is 5.43 Å². The van der Waals surface area contributed by atoms with Gasteiger partial charge >= 0.3 is 5.97 Å². The Kier molecular flexibility index (Phi) is 4.46. The number of hydrogen-bond acceptors (Lipinski definition) is 5. The second-order valence-electron chi connectivity index (χ2n) is 7.97. The van der Waals surface area contributed by atoms with Gasteiger partial charge in [-0.2, -0.15) is 5.10 Å². The molecular weight excluding hydrogens is 374 g/mol. The van der Waals surface area contributed by atoms with Crippen LogP contribution in [0, 0.1) is 5.41 Å². The molecule has 0 aliphatic carbocycles. The topological polar surface area (TPSA) is 95.6 Å². The number of fused-ring (bicyclic) bond motifs is 5. The van der Waals surface area contributed by atoms with Gasteiger partial charge < -0.3 is 19.1 Å². The first kappa shape index (κ1) is 19.2. The third-order valence-corrected chi connectivity index (χ3v) is 5.61. The lowest BCUT2D eigenvalue weighted by atomic mass is 9.83. The quantitative estimate of drug-likeness (QED) is 0.711. The van der Waals surface area contributed by atoms with Gasteiger partial charge in [-0.15, -0.1) is 0 Å². The van der Waals surface area contributed by atoms with Crippen molar-refractivity contribution < 1.29 is 19.4 Å². The zero-order chi connectivity index (χ0) is 20.9. The number of hydrogen-bond donors (Lipinski definition) is 1. The number of methoxy groups -OCH3 is 2. The van der Waals surface area contributed by atoms with Gasteiger partial charge in [0.05, 0.1) is 37.7 Å². The molecule has 4 rings (SSSR count). The van der Waals surface area contributed by atoms with Crippen molar-refractivity contribution >= 4 is 16.9 Å². The first-order valence-electron chi connectivity index (χ1n) is 9.31. The fraction of sp³-hybridized carbons (Fsp3) is 0.381. The summed E-state index contributed by atoms with van der Waals surface area (Å²) in [4.78, 5) is 24.1. The molecule has 1 aromatic carbocycles. The molecule has 152 valence electrons. The van der Waals surface area contributed by atoms with E-state index in [2.05, 4.69) is 13.8 Å². The number of pyridine rings is 1. The van der Waals surface area contributed by atoms with Crippen LogP contribution in [-0.4, -0.2) is 46.2 Å². The van der Waals surface area contributed by atoms with E-state index in [0.717, 1.165) is 11.1 Å². The normalized spacial score (nSPS) is 15.8. The van der Waals surface area contributed by atoms with Gasteiger partial charge in [0.25, 0.3) is 0 Å². The third kappa shape index (κ3) is 2.91. The molecule has 1 aliphatic heterocycles. The maximum absolute atomic E-state index is 12.5. The van der Waals surface area contributed by atoms with Crippen LogP contribution in [0.1, 0.15) is 30.2 Å². The van der Waals surface area contributed by atoms with Gasteiger partial charge in [-0.25, -0.2) is 4.79 Å². The second kappa shape index (κ2) is 6.73. The van der Waals surface area contributed by atoms with Crippen molar-refractivity contribution in [1.29, 1.82) is 0 Å². The summed E-state index contributed by atoms with van der Waals surface area (Å²) in [6.07, 6.45) is 1.45. The number of rotatable bonds is 5. The Morgan fingerprint density at radius 3 is 2.76 bits per heavy atom. The van der Waals surface area contributed by atoms with Crippen molar-refractivity contribution in [2.24, 2.45) is 5.41 Å². The van der Waals surface area contributed by atoms with E-state index in [1.807, 2.05) is 27.4 Å². The molecule has 0 bridgehead atoms. The summed E-state index contributed by atoms with van der Waals surface area (Å²) in [5, 5.41) is 15.1. The lowest BCUT2D eigenvalue weighted by Crippen LogP contribution is -2.39. The standard InChI is InChI=1S/C21H23N3O5/c1-21(2,11-28-3)17-10-24-19(12-6-5-7-16(29-4)18(12)22-24)14-8-15(25)13(20(26)27)9-23(14)17/h5-9,17H,10-11H2,1-4H3,(H,26,27)/t17-/m1/s1. The SMILES string of the molecule is COCC(C)(C)[C@H]1Cn2nc3c(OC)cccc3c2-c2cc(=O)c(C(=O)O)cn21. The molecule has 3 aromatic rings. The fourth-order valence-corrected chi connectivity index (χ4v) is 4.19. The molecule has 8 heteroatoms. The van der Waals surface area contributed by atoms with Crippen LogP contribution < -0.4 is 10.2 Å². The van der Waals surface area contributed by atoms with Gasteiger partial charge in [0.2, 0.25) is 0 Å². The number of aromatic nitrogens is 3. The Bertz CT molecular complexity index is 1180. The zero-order valence-corrected chi connectivity index (χ0v) is 16.8. The molecule has 1 aliphatic rings. The molecule has 0 saturated heterocycles. The molecule has 0 amide bonds. The minimum atomic E-state index is -1.24. The van der Waals surface area contributed by atoms with Crippen molar-refractivity contribution in [2.45, 2.75) is 26.4 Å². The number of ether oxygens (including phenoxy) is 2. The number of carboxylic acids is 1. The molecule has 3 heterocycles. The molecule has 0 unspecified atom stereocenters. The van der Waals surface area contributed by atoms with Crippen LogP contribution in [0.5, 0.6) is 5.75 Å². The third-order valence-electron chi connectivity index (χ3n) is 5.61. The van der Waals surface area contributed by atoms with Gasteiger partial charge in [-0.1, -0.05) is 26.0 Å². The van der Waals surface area contributed by atoms with Gasteiger partial charge in [-0.3, -0.25) is 9.48 Å². The molecule has 0 radical (unpaired) electrons. The maximum Gasteiger partial charge on any atom is 0.341 e. The van der Waals surface area contributed by atoms with Crippen LogP contribution in [0.3, 0.4) is 0 Å². The first-order valence-corrected chi connectivity index (χ1v) is 9.31. The number of benzene rings is 1. The predicted octanol–water partition coefficient (Wildman–Crippen LogP) is 2.80. The summed E-state index contributed by atoms with van der Waals surface area (Å²) >= 11 is 0. The predicted molar refractivity (Wildman–Crippen MR) is 108 cm³/mol. The Balaban J connectivity index is 2.05. The average molecular weight is 397 g/mol. The van der Waals surface area contributed by atoms with Crippen LogP contribution in [0.15, 0.2) is 35.3 Å².